The summed E-state index contributed by atoms with van der Waals surface area (Å²) in [7, 11) is 0. The maximum Gasteiger partial charge on any atom is 0.123 e. The largest absolute Gasteiger partial charge is 0.304 e. The van der Waals surface area contributed by atoms with Crippen molar-refractivity contribution < 1.29 is 4.39 Å². The standard InChI is InChI=1S/C17H23FN2S/c1-5-9-19-16(14-8-7-13(18)10-11(14)3)17-20-15(6-2)12(4)21-17/h7-8,10,16,19H,5-6,9H2,1-4H3. The van der Waals surface area contributed by atoms with Crippen LogP contribution in [0.5, 0.6) is 0 Å². The van der Waals surface area contributed by atoms with Crippen molar-refractivity contribution in [3.8, 4) is 0 Å². The van der Waals surface area contributed by atoms with Gasteiger partial charge in [-0.15, -0.1) is 11.3 Å². The fourth-order valence-corrected chi connectivity index (χ4v) is 3.59. The van der Waals surface area contributed by atoms with E-state index in [4.69, 9.17) is 4.98 Å². The third-order valence-electron chi connectivity index (χ3n) is 3.63. The molecule has 1 aromatic carbocycles. The van der Waals surface area contributed by atoms with Crippen molar-refractivity contribution in [2.24, 2.45) is 0 Å². The molecule has 0 aliphatic rings. The molecule has 2 rings (SSSR count). The summed E-state index contributed by atoms with van der Waals surface area (Å²) in [5.74, 6) is -0.185. The molecule has 0 radical (unpaired) electrons. The van der Waals surface area contributed by atoms with Crippen LogP contribution in [0, 0.1) is 19.7 Å². The molecule has 0 fully saturated rings. The minimum Gasteiger partial charge on any atom is -0.304 e. The number of hydrogen-bond donors (Lipinski definition) is 1. The summed E-state index contributed by atoms with van der Waals surface area (Å²) in [6.07, 6.45) is 2.01. The highest BCUT2D eigenvalue weighted by Crippen LogP contribution is 2.30. The third kappa shape index (κ3) is 3.69. The average Bonchev–Trinajstić information content (AvgIpc) is 2.82. The molecule has 0 aliphatic carbocycles. The van der Waals surface area contributed by atoms with Gasteiger partial charge >= 0.3 is 0 Å². The van der Waals surface area contributed by atoms with E-state index in [0.29, 0.717) is 0 Å². The summed E-state index contributed by atoms with van der Waals surface area (Å²) in [5.41, 5.74) is 3.24. The van der Waals surface area contributed by atoms with Crippen LogP contribution in [-0.2, 0) is 6.42 Å². The van der Waals surface area contributed by atoms with Crippen LogP contribution in [0.2, 0.25) is 0 Å². The topological polar surface area (TPSA) is 24.9 Å². The van der Waals surface area contributed by atoms with Gasteiger partial charge in [0.15, 0.2) is 0 Å². The van der Waals surface area contributed by atoms with E-state index in [1.165, 1.54) is 10.9 Å². The molecule has 1 unspecified atom stereocenters. The summed E-state index contributed by atoms with van der Waals surface area (Å²) in [5, 5.41) is 4.63. The van der Waals surface area contributed by atoms with E-state index in [1.807, 2.05) is 13.0 Å². The first-order chi connectivity index (χ1) is 10.1. The SMILES string of the molecule is CCCNC(c1nc(CC)c(C)s1)c1ccc(F)cc1C. The molecular weight excluding hydrogens is 283 g/mol. The Hall–Kier alpha value is -1.26. The zero-order chi connectivity index (χ0) is 15.4. The highest BCUT2D eigenvalue weighted by atomic mass is 32.1. The van der Waals surface area contributed by atoms with Crippen molar-refractivity contribution >= 4 is 11.3 Å². The molecule has 1 N–H and O–H groups in total. The lowest BCUT2D eigenvalue weighted by Gasteiger charge is -2.19. The molecule has 114 valence electrons. The van der Waals surface area contributed by atoms with Crippen LogP contribution in [-0.4, -0.2) is 11.5 Å². The normalized spacial score (nSPS) is 12.6. The molecule has 0 spiro atoms. The van der Waals surface area contributed by atoms with Gasteiger partial charge in [0.1, 0.15) is 10.8 Å². The van der Waals surface area contributed by atoms with Gasteiger partial charge in [0.25, 0.3) is 0 Å². The van der Waals surface area contributed by atoms with Crippen LogP contribution in [0.1, 0.15) is 53.0 Å². The molecule has 0 aliphatic heterocycles. The molecule has 1 atom stereocenters. The van der Waals surface area contributed by atoms with Crippen molar-refractivity contribution in [2.45, 2.75) is 46.6 Å². The maximum absolute atomic E-state index is 13.4. The van der Waals surface area contributed by atoms with E-state index in [-0.39, 0.29) is 11.9 Å². The zero-order valence-corrected chi connectivity index (χ0v) is 14.0. The third-order valence-corrected chi connectivity index (χ3v) is 4.71. The Labute approximate surface area is 130 Å². The second-order valence-corrected chi connectivity index (χ2v) is 6.53. The number of aromatic nitrogens is 1. The lowest BCUT2D eigenvalue weighted by molar-refractivity contribution is 0.586. The Kier molecular flexibility index (Phi) is 5.48. The fraction of sp³-hybridized carbons (Fsp3) is 0.471. The number of rotatable bonds is 6. The second-order valence-electron chi connectivity index (χ2n) is 5.30. The number of nitrogens with zero attached hydrogens (tertiary/aromatic N) is 1. The minimum atomic E-state index is -0.185. The highest BCUT2D eigenvalue weighted by molar-refractivity contribution is 7.11. The van der Waals surface area contributed by atoms with E-state index >= 15 is 0 Å². The Morgan fingerprint density at radius 3 is 2.62 bits per heavy atom. The number of aryl methyl sites for hydroxylation is 3. The number of hydrogen-bond acceptors (Lipinski definition) is 3. The van der Waals surface area contributed by atoms with Gasteiger partial charge in [0.2, 0.25) is 0 Å². The molecule has 0 saturated heterocycles. The van der Waals surface area contributed by atoms with Crippen molar-refractivity contribution in [1.82, 2.24) is 10.3 Å². The molecule has 1 heterocycles. The van der Waals surface area contributed by atoms with Gasteiger partial charge in [-0.2, -0.15) is 0 Å². The van der Waals surface area contributed by atoms with Gasteiger partial charge in [0, 0.05) is 4.88 Å². The fourth-order valence-electron chi connectivity index (χ4n) is 2.48. The molecule has 2 aromatic rings. The molecule has 21 heavy (non-hydrogen) atoms. The molecule has 0 amide bonds. The van der Waals surface area contributed by atoms with Gasteiger partial charge in [-0.05, 0) is 56.5 Å². The van der Waals surface area contributed by atoms with Gasteiger partial charge in [0.05, 0.1) is 11.7 Å². The van der Waals surface area contributed by atoms with E-state index in [2.05, 4.69) is 26.1 Å². The monoisotopic (exact) mass is 306 g/mol. The molecule has 2 nitrogen and oxygen atoms in total. The zero-order valence-electron chi connectivity index (χ0n) is 13.2. The Bertz CT molecular complexity index is 607. The number of benzene rings is 1. The highest BCUT2D eigenvalue weighted by Gasteiger charge is 2.20. The van der Waals surface area contributed by atoms with E-state index < -0.39 is 0 Å². The summed E-state index contributed by atoms with van der Waals surface area (Å²) in [4.78, 5) is 6.06. The maximum atomic E-state index is 13.4. The minimum absolute atomic E-state index is 0.0505. The number of thiazole rings is 1. The van der Waals surface area contributed by atoms with Crippen molar-refractivity contribution in [3.05, 3.63) is 50.7 Å². The van der Waals surface area contributed by atoms with Gasteiger partial charge < -0.3 is 5.32 Å². The molecule has 1 aromatic heterocycles. The predicted octanol–water partition coefficient (Wildman–Crippen LogP) is 4.55. The molecular formula is C17H23FN2S. The molecule has 4 heteroatoms. The quantitative estimate of drug-likeness (QED) is 0.847. The van der Waals surface area contributed by atoms with Crippen LogP contribution in [0.25, 0.3) is 0 Å². The van der Waals surface area contributed by atoms with Crippen molar-refractivity contribution in [2.75, 3.05) is 6.54 Å². The molecule has 0 saturated carbocycles. The average molecular weight is 306 g/mol. The molecule has 0 bridgehead atoms. The number of halogens is 1. The van der Waals surface area contributed by atoms with E-state index in [1.54, 1.807) is 17.4 Å². The predicted molar refractivity (Wildman–Crippen MR) is 87.5 cm³/mol. The second kappa shape index (κ2) is 7.14. The van der Waals surface area contributed by atoms with Gasteiger partial charge in [-0.3, -0.25) is 0 Å². The van der Waals surface area contributed by atoms with Crippen LogP contribution in [0.4, 0.5) is 4.39 Å². The Morgan fingerprint density at radius 1 is 1.29 bits per heavy atom. The van der Waals surface area contributed by atoms with Crippen molar-refractivity contribution in [1.29, 1.82) is 0 Å². The van der Waals surface area contributed by atoms with E-state index in [9.17, 15) is 4.39 Å². The number of nitrogens with one attached hydrogen (secondary N) is 1. The Morgan fingerprint density at radius 2 is 2.05 bits per heavy atom. The summed E-state index contributed by atoms with van der Waals surface area (Å²) >= 11 is 1.74. The lowest BCUT2D eigenvalue weighted by atomic mass is 10.0. The van der Waals surface area contributed by atoms with Crippen molar-refractivity contribution in [3.63, 3.8) is 0 Å². The van der Waals surface area contributed by atoms with E-state index in [0.717, 1.165) is 41.2 Å². The first-order valence-electron chi connectivity index (χ1n) is 7.52. The summed E-state index contributed by atoms with van der Waals surface area (Å²) in [6.45, 7) is 9.27. The smallest absolute Gasteiger partial charge is 0.123 e. The first kappa shape index (κ1) is 16.1. The van der Waals surface area contributed by atoms with Crippen LogP contribution >= 0.6 is 11.3 Å². The lowest BCUT2D eigenvalue weighted by Crippen LogP contribution is -2.24. The Balaban J connectivity index is 2.41. The van der Waals surface area contributed by atoms with Gasteiger partial charge in [-0.1, -0.05) is 19.9 Å². The van der Waals surface area contributed by atoms with Crippen LogP contribution in [0.15, 0.2) is 18.2 Å². The van der Waals surface area contributed by atoms with Crippen LogP contribution < -0.4 is 5.32 Å². The first-order valence-corrected chi connectivity index (χ1v) is 8.34. The summed E-state index contributed by atoms with van der Waals surface area (Å²) < 4.78 is 13.4. The van der Waals surface area contributed by atoms with Gasteiger partial charge in [-0.25, -0.2) is 9.37 Å². The van der Waals surface area contributed by atoms with Crippen LogP contribution in [0.3, 0.4) is 0 Å². The summed E-state index contributed by atoms with van der Waals surface area (Å²) in [6, 6.07) is 5.05.